The lowest BCUT2D eigenvalue weighted by Gasteiger charge is -2.39. The maximum Gasteiger partial charge on any atom is 0.317 e. The summed E-state index contributed by atoms with van der Waals surface area (Å²) in [7, 11) is 0. The van der Waals surface area contributed by atoms with Crippen molar-refractivity contribution in [2.24, 2.45) is 11.8 Å². The van der Waals surface area contributed by atoms with Crippen LogP contribution in [0, 0.1) is 11.8 Å². The van der Waals surface area contributed by atoms with E-state index in [0.717, 1.165) is 17.1 Å². The van der Waals surface area contributed by atoms with Crippen molar-refractivity contribution in [3.63, 3.8) is 0 Å². The van der Waals surface area contributed by atoms with Crippen molar-refractivity contribution in [1.29, 1.82) is 0 Å². The first-order valence-electron chi connectivity index (χ1n) is 6.32. The molecule has 98 valence electrons. The molecule has 0 bridgehead atoms. The van der Waals surface area contributed by atoms with E-state index < -0.39 is 5.92 Å². The highest BCUT2D eigenvalue weighted by molar-refractivity contribution is 8.20. The molecule has 2 saturated heterocycles. The number of rotatable bonds is 0. The lowest BCUT2D eigenvalue weighted by Crippen LogP contribution is -2.42. The van der Waals surface area contributed by atoms with Crippen LogP contribution < -0.4 is 0 Å². The van der Waals surface area contributed by atoms with Crippen LogP contribution in [0.4, 0.5) is 0 Å². The van der Waals surface area contributed by atoms with Crippen LogP contribution in [0.25, 0.3) is 0 Å². The summed E-state index contributed by atoms with van der Waals surface area (Å²) in [6.45, 7) is 0.379. The van der Waals surface area contributed by atoms with E-state index in [1.807, 2.05) is 47.8 Å². The van der Waals surface area contributed by atoms with Crippen molar-refractivity contribution in [2.45, 2.75) is 4.08 Å². The summed E-state index contributed by atoms with van der Waals surface area (Å²) in [5.74, 6) is 1.13. The Labute approximate surface area is 119 Å². The number of fused-ring (bicyclic) bond motifs is 4. The Hall–Kier alpha value is -0.940. The first kappa shape index (κ1) is 11.9. The molecule has 4 rings (SSSR count). The van der Waals surface area contributed by atoms with Crippen LogP contribution in [0.15, 0.2) is 24.3 Å². The van der Waals surface area contributed by atoms with Crippen LogP contribution >= 0.6 is 23.5 Å². The van der Waals surface area contributed by atoms with Gasteiger partial charge in [-0.3, -0.25) is 9.59 Å². The lowest BCUT2D eigenvalue weighted by atomic mass is 9.75. The van der Waals surface area contributed by atoms with Crippen LogP contribution in [0.3, 0.4) is 0 Å². The number of benzene rings is 1. The molecule has 0 saturated carbocycles. The van der Waals surface area contributed by atoms with E-state index in [1.165, 1.54) is 0 Å². The average Bonchev–Trinajstić information content (AvgIpc) is 3.05. The van der Waals surface area contributed by atoms with Crippen molar-refractivity contribution in [3.05, 3.63) is 35.4 Å². The smallest absolute Gasteiger partial charge is 0.317 e. The third kappa shape index (κ3) is 1.43. The van der Waals surface area contributed by atoms with Gasteiger partial charge in [-0.2, -0.15) is 0 Å². The first-order chi connectivity index (χ1) is 9.24. The quantitative estimate of drug-likeness (QED) is 0.542. The zero-order chi connectivity index (χ0) is 13.0. The molecule has 3 aliphatic rings. The summed E-state index contributed by atoms with van der Waals surface area (Å²) >= 11 is 3.73. The predicted octanol–water partition coefficient (Wildman–Crippen LogP) is 2.30. The lowest BCUT2D eigenvalue weighted by molar-refractivity contribution is -0.140. The zero-order valence-electron chi connectivity index (χ0n) is 10.1. The second-order valence-electron chi connectivity index (χ2n) is 4.99. The number of esters is 1. The standard InChI is InChI=1S/C14H12O3S2/c15-12-8-3-1-2-4-9(8)14(18-5-6-19-14)10-7-17-13(16)11(10)12/h1-4,10-11H,5-7H2. The fourth-order valence-electron chi connectivity index (χ4n) is 3.31. The van der Waals surface area contributed by atoms with E-state index in [4.69, 9.17) is 4.74 Å². The summed E-state index contributed by atoms with van der Waals surface area (Å²) < 4.78 is 5.04. The average molecular weight is 292 g/mol. The molecule has 1 aromatic rings. The normalized spacial score (nSPS) is 31.2. The van der Waals surface area contributed by atoms with Crippen molar-refractivity contribution in [3.8, 4) is 0 Å². The molecule has 2 unspecified atom stereocenters. The molecule has 2 fully saturated rings. The van der Waals surface area contributed by atoms with Gasteiger partial charge in [0.15, 0.2) is 5.78 Å². The minimum atomic E-state index is -0.590. The van der Waals surface area contributed by atoms with Crippen molar-refractivity contribution >= 4 is 35.3 Å². The zero-order valence-corrected chi connectivity index (χ0v) is 11.8. The Balaban J connectivity index is 1.97. The minimum Gasteiger partial charge on any atom is -0.465 e. The molecule has 5 heteroatoms. The van der Waals surface area contributed by atoms with E-state index in [0.29, 0.717) is 12.2 Å². The third-order valence-corrected chi connectivity index (χ3v) is 7.80. The van der Waals surface area contributed by atoms with Crippen molar-refractivity contribution in [2.75, 3.05) is 18.1 Å². The van der Waals surface area contributed by atoms with E-state index in [2.05, 4.69) is 0 Å². The van der Waals surface area contributed by atoms with Gasteiger partial charge in [0.1, 0.15) is 5.92 Å². The molecule has 19 heavy (non-hydrogen) atoms. The van der Waals surface area contributed by atoms with Crippen LogP contribution in [0.2, 0.25) is 0 Å². The molecule has 2 atom stereocenters. The van der Waals surface area contributed by atoms with Gasteiger partial charge in [0.2, 0.25) is 0 Å². The molecular formula is C14H12O3S2. The second kappa shape index (κ2) is 4.03. The van der Waals surface area contributed by atoms with Crippen LogP contribution in [-0.2, 0) is 13.6 Å². The number of carbonyl (C=O) groups is 2. The SMILES string of the molecule is O=C1OCC2C1C(=O)c1ccccc1C21SCCS1. The minimum absolute atomic E-state index is 0.0140. The molecule has 0 amide bonds. The highest BCUT2D eigenvalue weighted by Gasteiger charge is 2.60. The van der Waals surface area contributed by atoms with Crippen LogP contribution in [0.5, 0.6) is 0 Å². The fraction of sp³-hybridized carbons (Fsp3) is 0.429. The Morgan fingerprint density at radius 3 is 2.68 bits per heavy atom. The Morgan fingerprint density at radius 2 is 1.89 bits per heavy atom. The summed E-state index contributed by atoms with van der Waals surface area (Å²) in [4.78, 5) is 24.4. The summed E-state index contributed by atoms with van der Waals surface area (Å²) in [5, 5.41) is 0. The molecule has 1 aromatic carbocycles. The maximum absolute atomic E-state index is 12.5. The molecule has 0 radical (unpaired) electrons. The van der Waals surface area contributed by atoms with Gasteiger partial charge in [0, 0.05) is 23.0 Å². The predicted molar refractivity (Wildman–Crippen MR) is 75.3 cm³/mol. The number of ether oxygens (including phenoxy) is 1. The second-order valence-corrected chi connectivity index (χ2v) is 7.93. The topological polar surface area (TPSA) is 43.4 Å². The van der Waals surface area contributed by atoms with E-state index in [1.54, 1.807) is 0 Å². The molecular weight excluding hydrogens is 280 g/mol. The van der Waals surface area contributed by atoms with Crippen LogP contribution in [0.1, 0.15) is 15.9 Å². The molecule has 1 aliphatic carbocycles. The summed E-state index contributed by atoms with van der Waals surface area (Å²) in [5.41, 5.74) is 1.80. The third-order valence-electron chi connectivity index (χ3n) is 4.12. The fourth-order valence-corrected chi connectivity index (χ4v) is 6.92. The highest BCUT2D eigenvalue weighted by atomic mass is 32.2. The molecule has 0 N–H and O–H groups in total. The number of hydrogen-bond acceptors (Lipinski definition) is 5. The number of thioether (sulfide) groups is 2. The maximum atomic E-state index is 12.5. The molecule has 2 aliphatic heterocycles. The molecule has 2 heterocycles. The van der Waals surface area contributed by atoms with Crippen molar-refractivity contribution < 1.29 is 14.3 Å². The van der Waals surface area contributed by atoms with Gasteiger partial charge in [-0.05, 0) is 5.56 Å². The monoisotopic (exact) mass is 292 g/mol. The van der Waals surface area contributed by atoms with Gasteiger partial charge in [-0.25, -0.2) is 0 Å². The Morgan fingerprint density at radius 1 is 1.16 bits per heavy atom. The number of ketones is 1. The van der Waals surface area contributed by atoms with Gasteiger partial charge >= 0.3 is 5.97 Å². The van der Waals surface area contributed by atoms with Gasteiger partial charge in [-0.15, -0.1) is 23.5 Å². The Bertz CT molecular complexity index is 578. The van der Waals surface area contributed by atoms with E-state index >= 15 is 0 Å². The number of carbonyl (C=O) groups excluding carboxylic acids is 2. The largest absolute Gasteiger partial charge is 0.465 e. The molecule has 1 spiro atoms. The van der Waals surface area contributed by atoms with E-state index in [9.17, 15) is 9.59 Å². The molecule has 3 nitrogen and oxygen atoms in total. The van der Waals surface area contributed by atoms with Gasteiger partial charge in [0.25, 0.3) is 0 Å². The first-order valence-corrected chi connectivity index (χ1v) is 8.29. The van der Waals surface area contributed by atoms with Gasteiger partial charge < -0.3 is 4.74 Å². The number of Topliss-reactive ketones (excluding diaryl/α,β-unsaturated/α-hetero) is 1. The van der Waals surface area contributed by atoms with Crippen LogP contribution in [-0.4, -0.2) is 29.9 Å². The van der Waals surface area contributed by atoms with Gasteiger partial charge in [0.05, 0.1) is 10.7 Å². The highest BCUT2D eigenvalue weighted by Crippen LogP contribution is 2.62. The number of cyclic esters (lactones) is 1. The molecule has 0 aromatic heterocycles. The Kier molecular flexibility index (Phi) is 2.51. The van der Waals surface area contributed by atoms with Gasteiger partial charge in [-0.1, -0.05) is 24.3 Å². The summed E-state index contributed by atoms with van der Waals surface area (Å²) in [6, 6.07) is 7.73. The number of hydrogen-bond donors (Lipinski definition) is 0. The van der Waals surface area contributed by atoms with E-state index in [-0.39, 0.29) is 21.7 Å². The van der Waals surface area contributed by atoms with Crippen molar-refractivity contribution in [1.82, 2.24) is 0 Å². The summed E-state index contributed by atoms with van der Waals surface area (Å²) in [6.07, 6.45) is 0.